The summed E-state index contributed by atoms with van der Waals surface area (Å²) < 4.78 is 10.6. The number of thiazole rings is 1. The van der Waals surface area contributed by atoms with Gasteiger partial charge in [-0.3, -0.25) is 10.2 Å². The standard InChI is InChI=1S/C19H24ClN3O3S/c1-4-25-18(24)10-15-12-27-19(22-15)23-21-11-14-5-6-17(16(20)9-14)26-8-7-13(2)3/h5-6,9,11-13H,4,7-8,10H2,1-3H3,(H,22,23). The van der Waals surface area contributed by atoms with E-state index in [2.05, 4.69) is 29.4 Å². The van der Waals surface area contributed by atoms with Crippen LogP contribution in [0.4, 0.5) is 5.13 Å². The van der Waals surface area contributed by atoms with Gasteiger partial charge in [0.2, 0.25) is 5.13 Å². The predicted molar refractivity (Wildman–Crippen MR) is 110 cm³/mol. The molecule has 0 aliphatic carbocycles. The minimum Gasteiger partial charge on any atom is -0.492 e. The van der Waals surface area contributed by atoms with E-state index < -0.39 is 0 Å². The van der Waals surface area contributed by atoms with Crippen molar-refractivity contribution in [1.29, 1.82) is 0 Å². The van der Waals surface area contributed by atoms with E-state index in [1.165, 1.54) is 11.3 Å². The first-order chi connectivity index (χ1) is 13.0. The first kappa shape index (κ1) is 21.2. The summed E-state index contributed by atoms with van der Waals surface area (Å²) in [6.45, 7) is 7.09. The summed E-state index contributed by atoms with van der Waals surface area (Å²) >= 11 is 7.63. The van der Waals surface area contributed by atoms with Gasteiger partial charge in [-0.15, -0.1) is 11.3 Å². The second kappa shape index (κ2) is 10.9. The van der Waals surface area contributed by atoms with E-state index >= 15 is 0 Å². The Balaban J connectivity index is 1.86. The van der Waals surface area contributed by atoms with Crippen molar-refractivity contribution in [3.05, 3.63) is 39.9 Å². The monoisotopic (exact) mass is 409 g/mol. The van der Waals surface area contributed by atoms with Crippen molar-refractivity contribution < 1.29 is 14.3 Å². The number of hydrazone groups is 1. The molecular formula is C19H24ClN3O3S. The number of ether oxygens (including phenoxy) is 2. The minimum absolute atomic E-state index is 0.156. The van der Waals surface area contributed by atoms with Gasteiger partial charge in [-0.05, 0) is 43.0 Å². The summed E-state index contributed by atoms with van der Waals surface area (Å²) in [6, 6.07) is 5.52. The lowest BCUT2D eigenvalue weighted by atomic mass is 10.1. The molecule has 0 atom stereocenters. The lowest BCUT2D eigenvalue weighted by molar-refractivity contribution is -0.142. The number of nitrogens with zero attached hydrogens (tertiary/aromatic N) is 2. The van der Waals surface area contributed by atoms with Crippen molar-refractivity contribution in [3.63, 3.8) is 0 Å². The molecule has 0 aliphatic heterocycles. The Bertz CT molecular complexity index is 777. The maximum absolute atomic E-state index is 11.4. The maximum atomic E-state index is 11.4. The van der Waals surface area contributed by atoms with Crippen LogP contribution in [0.3, 0.4) is 0 Å². The Kier molecular flexibility index (Phi) is 8.54. The highest BCUT2D eigenvalue weighted by Gasteiger charge is 2.08. The van der Waals surface area contributed by atoms with Crippen LogP contribution in [-0.4, -0.2) is 30.4 Å². The van der Waals surface area contributed by atoms with Crippen LogP contribution >= 0.6 is 22.9 Å². The van der Waals surface area contributed by atoms with Gasteiger partial charge >= 0.3 is 5.97 Å². The highest BCUT2D eigenvalue weighted by Crippen LogP contribution is 2.25. The third-order valence-corrected chi connectivity index (χ3v) is 4.56. The molecule has 0 radical (unpaired) electrons. The van der Waals surface area contributed by atoms with E-state index in [-0.39, 0.29) is 12.4 Å². The molecule has 8 heteroatoms. The van der Waals surface area contributed by atoms with Crippen LogP contribution in [0.5, 0.6) is 5.75 Å². The minimum atomic E-state index is -0.289. The van der Waals surface area contributed by atoms with Gasteiger partial charge in [0.15, 0.2) is 0 Å². The molecule has 0 bridgehead atoms. The molecule has 6 nitrogen and oxygen atoms in total. The number of halogens is 1. The molecule has 2 aromatic rings. The molecule has 27 heavy (non-hydrogen) atoms. The molecule has 0 amide bonds. The first-order valence-electron chi connectivity index (χ1n) is 8.79. The number of esters is 1. The van der Waals surface area contributed by atoms with Gasteiger partial charge in [0.25, 0.3) is 0 Å². The van der Waals surface area contributed by atoms with E-state index in [9.17, 15) is 4.79 Å². The molecule has 0 aliphatic rings. The number of carbonyl (C=O) groups is 1. The summed E-state index contributed by atoms with van der Waals surface area (Å²) in [4.78, 5) is 15.7. The van der Waals surface area contributed by atoms with E-state index in [1.54, 1.807) is 24.6 Å². The normalized spacial score (nSPS) is 11.1. The van der Waals surface area contributed by atoms with Crippen LogP contribution in [0.15, 0.2) is 28.7 Å². The number of hydrogen-bond donors (Lipinski definition) is 1. The Morgan fingerprint density at radius 2 is 2.26 bits per heavy atom. The van der Waals surface area contributed by atoms with E-state index in [1.807, 2.05) is 12.1 Å². The molecule has 1 aromatic carbocycles. The fourth-order valence-corrected chi connectivity index (χ4v) is 2.98. The number of carbonyl (C=O) groups excluding carboxylic acids is 1. The van der Waals surface area contributed by atoms with Crippen molar-refractivity contribution in [2.75, 3.05) is 18.6 Å². The van der Waals surface area contributed by atoms with Crippen molar-refractivity contribution in [2.24, 2.45) is 11.0 Å². The van der Waals surface area contributed by atoms with Crippen LogP contribution in [0.25, 0.3) is 0 Å². The van der Waals surface area contributed by atoms with Gasteiger partial charge in [-0.2, -0.15) is 5.10 Å². The zero-order chi connectivity index (χ0) is 19.6. The second-order valence-electron chi connectivity index (χ2n) is 6.22. The maximum Gasteiger partial charge on any atom is 0.311 e. The number of anilines is 1. The summed E-state index contributed by atoms with van der Waals surface area (Å²) in [5.74, 6) is 0.971. The second-order valence-corrected chi connectivity index (χ2v) is 7.48. The van der Waals surface area contributed by atoms with Crippen LogP contribution < -0.4 is 10.2 Å². The average Bonchev–Trinajstić information content (AvgIpc) is 3.04. The molecular weight excluding hydrogens is 386 g/mol. The fraction of sp³-hybridized carbons (Fsp3) is 0.421. The third-order valence-electron chi connectivity index (χ3n) is 3.47. The van der Waals surface area contributed by atoms with Crippen molar-refractivity contribution in [1.82, 2.24) is 4.98 Å². The number of aromatic nitrogens is 1. The van der Waals surface area contributed by atoms with Crippen molar-refractivity contribution >= 4 is 40.3 Å². The summed E-state index contributed by atoms with van der Waals surface area (Å²) in [7, 11) is 0. The van der Waals surface area contributed by atoms with Gasteiger partial charge in [-0.1, -0.05) is 25.4 Å². The summed E-state index contributed by atoms with van der Waals surface area (Å²) in [5.41, 5.74) is 4.34. The lowest BCUT2D eigenvalue weighted by Crippen LogP contribution is -2.07. The molecule has 0 saturated carbocycles. The van der Waals surface area contributed by atoms with E-state index in [0.29, 0.717) is 40.7 Å². The number of nitrogens with one attached hydrogen (secondary N) is 1. The SMILES string of the molecule is CCOC(=O)Cc1csc(NN=Cc2ccc(OCCC(C)C)c(Cl)c2)n1. The Morgan fingerprint density at radius 1 is 1.44 bits per heavy atom. The Morgan fingerprint density at radius 3 is 2.96 bits per heavy atom. The van der Waals surface area contributed by atoms with E-state index in [0.717, 1.165) is 12.0 Å². The van der Waals surface area contributed by atoms with Crippen LogP contribution in [0.2, 0.25) is 5.02 Å². The summed E-state index contributed by atoms with van der Waals surface area (Å²) in [6.07, 6.45) is 2.79. The van der Waals surface area contributed by atoms with Crippen molar-refractivity contribution in [2.45, 2.75) is 33.6 Å². The highest BCUT2D eigenvalue weighted by atomic mass is 35.5. The van der Waals surface area contributed by atoms with Gasteiger partial charge in [0.05, 0.1) is 36.6 Å². The van der Waals surface area contributed by atoms with Gasteiger partial charge in [-0.25, -0.2) is 4.98 Å². The molecule has 0 saturated heterocycles. The molecule has 0 spiro atoms. The molecule has 0 fully saturated rings. The zero-order valence-corrected chi connectivity index (χ0v) is 17.3. The van der Waals surface area contributed by atoms with Gasteiger partial charge < -0.3 is 9.47 Å². The average molecular weight is 410 g/mol. The Labute approximate surface area is 168 Å². The highest BCUT2D eigenvalue weighted by molar-refractivity contribution is 7.13. The van der Waals surface area contributed by atoms with Gasteiger partial charge in [0.1, 0.15) is 5.75 Å². The molecule has 146 valence electrons. The first-order valence-corrected chi connectivity index (χ1v) is 10.0. The van der Waals surface area contributed by atoms with Crippen LogP contribution in [0.1, 0.15) is 38.4 Å². The number of hydrogen-bond acceptors (Lipinski definition) is 7. The fourth-order valence-electron chi connectivity index (χ4n) is 2.08. The smallest absolute Gasteiger partial charge is 0.311 e. The lowest BCUT2D eigenvalue weighted by Gasteiger charge is -2.09. The molecule has 0 unspecified atom stereocenters. The van der Waals surface area contributed by atoms with Gasteiger partial charge in [0, 0.05) is 5.38 Å². The molecule has 2 rings (SSSR count). The zero-order valence-electron chi connectivity index (χ0n) is 15.7. The Hall–Kier alpha value is -2.12. The number of benzene rings is 1. The third kappa shape index (κ3) is 7.56. The van der Waals surface area contributed by atoms with Crippen LogP contribution in [0, 0.1) is 5.92 Å². The molecule has 1 heterocycles. The number of rotatable bonds is 10. The largest absolute Gasteiger partial charge is 0.492 e. The summed E-state index contributed by atoms with van der Waals surface area (Å²) in [5, 5.41) is 7.11. The van der Waals surface area contributed by atoms with Crippen LogP contribution in [-0.2, 0) is 16.0 Å². The van der Waals surface area contributed by atoms with Crippen molar-refractivity contribution in [3.8, 4) is 5.75 Å². The molecule has 1 N–H and O–H groups in total. The topological polar surface area (TPSA) is 72.8 Å². The van der Waals surface area contributed by atoms with E-state index in [4.69, 9.17) is 21.1 Å². The predicted octanol–water partition coefficient (Wildman–Crippen LogP) is 4.77. The molecule has 1 aromatic heterocycles. The quantitative estimate of drug-likeness (QED) is 0.347.